The highest BCUT2D eigenvalue weighted by atomic mass is 19.1. The molecule has 4 rings (SSSR count). The van der Waals surface area contributed by atoms with Crippen molar-refractivity contribution in [1.82, 2.24) is 10.2 Å². The third-order valence-electron chi connectivity index (χ3n) is 6.84. The van der Waals surface area contributed by atoms with Crippen LogP contribution < -0.4 is 5.32 Å². The highest BCUT2D eigenvalue weighted by Gasteiger charge is 2.58. The van der Waals surface area contributed by atoms with Crippen molar-refractivity contribution < 1.29 is 36.9 Å². The molecule has 10 heteroatoms. The van der Waals surface area contributed by atoms with Gasteiger partial charge in [-0.2, -0.15) is 0 Å². The minimum Gasteiger partial charge on any atom is -0.370 e. The van der Waals surface area contributed by atoms with E-state index in [0.29, 0.717) is 18.7 Å². The number of fused-ring (bicyclic) bond motifs is 1. The monoisotopic (exact) mass is 536 g/mol. The van der Waals surface area contributed by atoms with Gasteiger partial charge >= 0.3 is 0 Å². The summed E-state index contributed by atoms with van der Waals surface area (Å²) in [5, 5.41) is 2.95. The van der Waals surface area contributed by atoms with Crippen molar-refractivity contribution in [2.24, 2.45) is 0 Å². The van der Waals surface area contributed by atoms with E-state index in [1.807, 2.05) is 19.0 Å². The van der Waals surface area contributed by atoms with Gasteiger partial charge < -0.3 is 29.2 Å². The van der Waals surface area contributed by atoms with Crippen LogP contribution in [0.1, 0.15) is 37.8 Å². The van der Waals surface area contributed by atoms with Crippen LogP contribution in [0.15, 0.2) is 42.5 Å². The molecule has 208 valence electrons. The van der Waals surface area contributed by atoms with E-state index in [9.17, 15) is 18.0 Å². The molecule has 2 aromatic rings. The lowest BCUT2D eigenvalue weighted by atomic mass is 9.78. The van der Waals surface area contributed by atoms with Crippen LogP contribution in [-0.4, -0.2) is 67.7 Å². The zero-order chi connectivity index (χ0) is 27.5. The molecule has 0 spiro atoms. The van der Waals surface area contributed by atoms with Crippen LogP contribution >= 0.6 is 0 Å². The number of rotatable bonds is 10. The summed E-state index contributed by atoms with van der Waals surface area (Å²) in [7, 11) is 3.80. The van der Waals surface area contributed by atoms with Crippen molar-refractivity contribution in [2.75, 3.05) is 27.2 Å². The fourth-order valence-corrected chi connectivity index (χ4v) is 4.92. The van der Waals surface area contributed by atoms with E-state index >= 15 is 0 Å². The van der Waals surface area contributed by atoms with Crippen molar-refractivity contribution in [1.29, 1.82) is 0 Å². The first-order valence-corrected chi connectivity index (χ1v) is 12.7. The number of amides is 1. The van der Waals surface area contributed by atoms with Crippen LogP contribution in [0.3, 0.4) is 0 Å². The molecular weight excluding hydrogens is 501 g/mol. The summed E-state index contributed by atoms with van der Waals surface area (Å²) in [6, 6.07) is 9.44. The number of nitrogens with one attached hydrogen (secondary N) is 1. The van der Waals surface area contributed by atoms with Gasteiger partial charge in [0.15, 0.2) is 11.4 Å². The molecule has 1 N–H and O–H groups in total. The van der Waals surface area contributed by atoms with Gasteiger partial charge in [0.1, 0.15) is 23.6 Å². The van der Waals surface area contributed by atoms with Crippen LogP contribution in [0, 0.1) is 17.5 Å². The number of halogens is 3. The van der Waals surface area contributed by atoms with Crippen LogP contribution in [0.2, 0.25) is 0 Å². The third-order valence-corrected chi connectivity index (χ3v) is 6.84. The molecule has 1 unspecified atom stereocenters. The molecule has 2 aliphatic rings. The van der Waals surface area contributed by atoms with Crippen LogP contribution in [0.4, 0.5) is 13.2 Å². The fraction of sp³-hybridized carbons (Fsp3) is 0.536. The summed E-state index contributed by atoms with van der Waals surface area (Å²) in [5.41, 5.74) is -0.908. The molecule has 1 saturated heterocycles. The predicted octanol–water partition coefficient (Wildman–Crippen LogP) is 3.94. The Morgan fingerprint density at radius 1 is 1.03 bits per heavy atom. The average Bonchev–Trinajstić information content (AvgIpc) is 3.16. The first kappa shape index (κ1) is 28.5. The summed E-state index contributed by atoms with van der Waals surface area (Å²) in [4.78, 5) is 15.6. The van der Waals surface area contributed by atoms with E-state index in [4.69, 9.17) is 18.9 Å². The van der Waals surface area contributed by atoms with Crippen molar-refractivity contribution >= 4 is 5.91 Å². The highest BCUT2D eigenvalue weighted by molar-refractivity contribution is 5.85. The van der Waals surface area contributed by atoms with E-state index < -0.39 is 41.3 Å². The van der Waals surface area contributed by atoms with Gasteiger partial charge in [-0.05, 0) is 57.8 Å². The molecule has 1 heterocycles. The maximum atomic E-state index is 14.3. The summed E-state index contributed by atoms with van der Waals surface area (Å²) in [6.45, 7) is 4.21. The van der Waals surface area contributed by atoms with Crippen LogP contribution in [0.5, 0.6) is 0 Å². The molecule has 1 aliphatic carbocycles. The molecule has 0 aromatic heterocycles. The van der Waals surface area contributed by atoms with E-state index in [2.05, 4.69) is 5.32 Å². The van der Waals surface area contributed by atoms with E-state index in [-0.39, 0.29) is 43.3 Å². The summed E-state index contributed by atoms with van der Waals surface area (Å²) < 4.78 is 66.7. The second-order valence-corrected chi connectivity index (χ2v) is 10.6. The zero-order valence-electron chi connectivity index (χ0n) is 22.1. The summed E-state index contributed by atoms with van der Waals surface area (Å²) in [6.07, 6.45) is -1.65. The largest absolute Gasteiger partial charge is 0.370 e. The molecule has 1 saturated carbocycles. The number of carbonyl (C=O) groups is 1. The van der Waals surface area contributed by atoms with Gasteiger partial charge in [-0.25, -0.2) is 13.2 Å². The number of carbonyl (C=O) groups excluding carboxylic acids is 1. The molecular formula is C28H35F3N2O5. The lowest BCUT2D eigenvalue weighted by Gasteiger charge is -2.43. The maximum absolute atomic E-state index is 14.3. The third kappa shape index (κ3) is 6.73. The lowest BCUT2D eigenvalue weighted by molar-refractivity contribution is -0.183. The molecule has 0 bridgehead atoms. The van der Waals surface area contributed by atoms with Crippen LogP contribution in [-0.2, 0) is 37.0 Å². The number of ether oxygens (including phenoxy) is 4. The predicted molar refractivity (Wildman–Crippen MR) is 133 cm³/mol. The van der Waals surface area contributed by atoms with Crippen molar-refractivity contribution in [3.05, 3.63) is 71.0 Å². The Morgan fingerprint density at radius 2 is 1.71 bits per heavy atom. The van der Waals surface area contributed by atoms with Crippen molar-refractivity contribution in [3.63, 3.8) is 0 Å². The smallest absolute Gasteiger partial charge is 0.252 e. The van der Waals surface area contributed by atoms with Gasteiger partial charge in [0.2, 0.25) is 0 Å². The number of hydrogen-bond donors (Lipinski definition) is 1. The van der Waals surface area contributed by atoms with Gasteiger partial charge in [0, 0.05) is 31.5 Å². The van der Waals surface area contributed by atoms with Gasteiger partial charge in [0.25, 0.3) is 5.91 Å². The topological polar surface area (TPSA) is 69.3 Å². The molecule has 2 fully saturated rings. The standard InChI is InChI=1S/C28H35F3N2O5/c1-27(2)37-24-15-28(26(34)32-12-13-33(3)4,36-16-18-8-10-19(29)11-9-18)14-23(25(24)38-27)35-17-20-21(30)6-5-7-22(20)31/h5-11,23-25H,12-17H2,1-4H3,(H,32,34)/t23?,24-,25+,28-/m1/s1. The van der Waals surface area contributed by atoms with Crippen LogP contribution in [0.25, 0.3) is 0 Å². The Bertz CT molecular complexity index is 1090. The molecule has 2 aromatic carbocycles. The van der Waals surface area contributed by atoms with E-state index in [1.165, 1.54) is 18.2 Å². The molecule has 7 nitrogen and oxygen atoms in total. The average molecular weight is 537 g/mol. The minimum absolute atomic E-state index is 0.0394. The Balaban J connectivity index is 1.61. The van der Waals surface area contributed by atoms with Crippen molar-refractivity contribution in [3.8, 4) is 0 Å². The van der Waals surface area contributed by atoms with Gasteiger partial charge in [0.05, 0.1) is 25.4 Å². The van der Waals surface area contributed by atoms with Crippen molar-refractivity contribution in [2.45, 2.75) is 69.6 Å². The highest BCUT2D eigenvalue weighted by Crippen LogP contribution is 2.44. The number of benzene rings is 2. The van der Waals surface area contributed by atoms with E-state index in [0.717, 1.165) is 12.1 Å². The number of likely N-dealkylation sites (N-methyl/N-ethyl adjacent to an activating group) is 1. The molecule has 1 aliphatic heterocycles. The normalized spacial score (nSPS) is 26.4. The van der Waals surface area contributed by atoms with Gasteiger partial charge in [-0.1, -0.05) is 18.2 Å². The first-order valence-electron chi connectivity index (χ1n) is 12.7. The summed E-state index contributed by atoms with van der Waals surface area (Å²) >= 11 is 0. The fourth-order valence-electron chi connectivity index (χ4n) is 4.92. The quantitative estimate of drug-likeness (QED) is 0.496. The molecule has 38 heavy (non-hydrogen) atoms. The zero-order valence-corrected chi connectivity index (χ0v) is 22.1. The number of hydrogen-bond acceptors (Lipinski definition) is 6. The Hall–Kier alpha value is -2.50. The maximum Gasteiger partial charge on any atom is 0.252 e. The Morgan fingerprint density at radius 3 is 2.37 bits per heavy atom. The lowest BCUT2D eigenvalue weighted by Crippen LogP contribution is -2.60. The molecule has 0 radical (unpaired) electrons. The van der Waals surface area contributed by atoms with Gasteiger partial charge in [-0.3, -0.25) is 4.79 Å². The summed E-state index contributed by atoms with van der Waals surface area (Å²) in [5.74, 6) is -3.12. The Labute approximate surface area is 221 Å². The first-order chi connectivity index (χ1) is 18.0. The Kier molecular flexibility index (Phi) is 8.78. The number of nitrogens with zero attached hydrogens (tertiary/aromatic N) is 1. The van der Waals surface area contributed by atoms with E-state index in [1.54, 1.807) is 26.0 Å². The SMILES string of the molecule is CN(C)CCNC(=O)[C@@]1(OCc2ccc(F)cc2)CC(OCc2c(F)cccc2F)[C@@H]2OC(C)(C)O[C@@H]2C1. The minimum atomic E-state index is -1.38. The molecule has 1 amide bonds. The second-order valence-electron chi connectivity index (χ2n) is 10.6. The van der Waals surface area contributed by atoms with Gasteiger partial charge in [-0.15, -0.1) is 0 Å². The second kappa shape index (κ2) is 11.7. The molecule has 4 atom stereocenters.